The number of aromatic nitrogens is 3. The summed E-state index contributed by atoms with van der Waals surface area (Å²) in [5.74, 6) is -2.29. The number of anilines is 2. The number of hydrogen-bond acceptors (Lipinski definition) is 6. The molecule has 1 fully saturated rings. The summed E-state index contributed by atoms with van der Waals surface area (Å²) >= 11 is 0. The molecule has 5 rings (SSSR count). The lowest BCUT2D eigenvalue weighted by atomic mass is 10.2. The van der Waals surface area contributed by atoms with Crippen LogP contribution >= 0.6 is 0 Å². The summed E-state index contributed by atoms with van der Waals surface area (Å²) in [5.41, 5.74) is 4.60. The van der Waals surface area contributed by atoms with E-state index in [2.05, 4.69) is 10.3 Å². The fourth-order valence-corrected chi connectivity index (χ4v) is 4.76. The van der Waals surface area contributed by atoms with Gasteiger partial charge in [0.25, 0.3) is 11.5 Å². The Kier molecular flexibility index (Phi) is 8.38. The van der Waals surface area contributed by atoms with Crippen molar-refractivity contribution in [3.63, 3.8) is 0 Å². The molecule has 1 aliphatic heterocycles. The van der Waals surface area contributed by atoms with Gasteiger partial charge in [-0.05, 0) is 56.7 Å². The highest BCUT2D eigenvalue weighted by molar-refractivity contribution is 6.04. The van der Waals surface area contributed by atoms with Crippen LogP contribution in [0.15, 0.2) is 76.7 Å². The summed E-state index contributed by atoms with van der Waals surface area (Å²) in [5, 5.41) is 2.49. The van der Waals surface area contributed by atoms with Crippen molar-refractivity contribution >= 4 is 29.3 Å². The standard InChI is InChI=1S/C31H28F2N6O5/c1-18(2)38-17-23(30(42)39(31(38)43)21-8-5-19(32)6-9-21)29(41)36-20-7-10-26(24(33)14-20)44-27-15-22(16-35-25(27)11-12-34)37-13-3-4-28(37)40/h5-12,14-18H,3-4,13,34H2,1-2H3,(H,36,41)/p+1. The maximum atomic E-state index is 15.3. The van der Waals surface area contributed by atoms with Crippen LogP contribution in [0.25, 0.3) is 11.8 Å². The molecule has 0 spiro atoms. The molecular weight excluding hydrogens is 574 g/mol. The van der Waals surface area contributed by atoms with Gasteiger partial charge >= 0.3 is 5.69 Å². The van der Waals surface area contributed by atoms with Gasteiger partial charge in [0.15, 0.2) is 17.8 Å². The molecule has 0 saturated carbocycles. The van der Waals surface area contributed by atoms with Crippen molar-refractivity contribution in [2.45, 2.75) is 32.7 Å². The fourth-order valence-electron chi connectivity index (χ4n) is 4.76. The van der Waals surface area contributed by atoms with Gasteiger partial charge < -0.3 is 20.7 Å². The van der Waals surface area contributed by atoms with Gasteiger partial charge in [-0.1, -0.05) is 0 Å². The number of nitrogens with zero attached hydrogens (tertiary/aromatic N) is 3. The third-order valence-corrected chi connectivity index (χ3v) is 6.98. The van der Waals surface area contributed by atoms with E-state index in [1.165, 1.54) is 41.1 Å². The summed E-state index contributed by atoms with van der Waals surface area (Å²) in [4.78, 5) is 56.4. The van der Waals surface area contributed by atoms with Crippen molar-refractivity contribution < 1.29 is 28.1 Å². The van der Waals surface area contributed by atoms with E-state index < -0.39 is 34.8 Å². The summed E-state index contributed by atoms with van der Waals surface area (Å²) in [7, 11) is 0. The van der Waals surface area contributed by atoms with E-state index in [1.807, 2.05) is 0 Å². The monoisotopic (exact) mass is 603 g/mol. The van der Waals surface area contributed by atoms with E-state index in [0.717, 1.165) is 35.4 Å². The third kappa shape index (κ3) is 5.98. The van der Waals surface area contributed by atoms with Gasteiger partial charge in [-0.25, -0.2) is 23.1 Å². The predicted octanol–water partition coefficient (Wildman–Crippen LogP) is 3.77. The van der Waals surface area contributed by atoms with Gasteiger partial charge in [-0.15, -0.1) is 0 Å². The molecule has 4 N–H and O–H groups in total. The minimum atomic E-state index is -0.926. The van der Waals surface area contributed by atoms with Crippen molar-refractivity contribution in [1.82, 2.24) is 9.13 Å². The third-order valence-electron chi connectivity index (χ3n) is 6.98. The Labute approximate surface area is 249 Å². The molecule has 11 nitrogen and oxygen atoms in total. The number of aromatic amines is 1. The van der Waals surface area contributed by atoms with Crippen LogP contribution in [-0.4, -0.2) is 27.5 Å². The molecule has 1 aliphatic rings. The second kappa shape index (κ2) is 12.3. The van der Waals surface area contributed by atoms with Crippen LogP contribution in [0.4, 0.5) is 20.2 Å². The molecule has 2 aromatic carbocycles. The molecule has 4 aromatic rings. The molecule has 44 heavy (non-hydrogen) atoms. The average molecular weight is 604 g/mol. The Hall–Kier alpha value is -5.59. The fraction of sp³-hybridized carbons (Fsp3) is 0.194. The van der Waals surface area contributed by atoms with Crippen LogP contribution in [0.1, 0.15) is 48.8 Å². The first-order chi connectivity index (χ1) is 21.1. The number of benzene rings is 2. The van der Waals surface area contributed by atoms with Gasteiger partial charge in [0.1, 0.15) is 17.1 Å². The van der Waals surface area contributed by atoms with Gasteiger partial charge in [0.2, 0.25) is 17.4 Å². The van der Waals surface area contributed by atoms with Crippen LogP contribution in [0.2, 0.25) is 0 Å². The summed E-state index contributed by atoms with van der Waals surface area (Å²) in [6, 6.07) is 9.55. The molecule has 0 unspecified atom stereocenters. The first-order valence-corrected chi connectivity index (χ1v) is 13.7. The smallest absolute Gasteiger partial charge is 0.335 e. The first-order valence-electron chi connectivity index (χ1n) is 13.7. The number of carbonyl (C=O) groups is 2. The van der Waals surface area contributed by atoms with E-state index in [-0.39, 0.29) is 34.3 Å². The van der Waals surface area contributed by atoms with Crippen molar-refractivity contribution in [3.8, 4) is 17.2 Å². The number of hydrogen-bond donors (Lipinski definition) is 2. The van der Waals surface area contributed by atoms with E-state index in [4.69, 9.17) is 10.5 Å². The minimum absolute atomic E-state index is 0.0138. The number of nitrogens with two attached hydrogens (primary N) is 1. The number of halogens is 2. The molecule has 13 heteroatoms. The molecule has 0 bridgehead atoms. The second-order valence-electron chi connectivity index (χ2n) is 10.3. The number of H-pyrrole nitrogens is 1. The predicted molar refractivity (Wildman–Crippen MR) is 159 cm³/mol. The first kappa shape index (κ1) is 29.9. The molecule has 3 heterocycles. The highest BCUT2D eigenvalue weighted by atomic mass is 19.1. The topological polar surface area (TPSA) is 143 Å². The number of ether oxygens (including phenoxy) is 1. The van der Waals surface area contributed by atoms with Gasteiger partial charge in [-0.3, -0.25) is 19.0 Å². The van der Waals surface area contributed by atoms with Gasteiger partial charge in [-0.2, -0.15) is 0 Å². The molecule has 226 valence electrons. The lowest BCUT2D eigenvalue weighted by Crippen LogP contribution is -2.42. The zero-order valence-electron chi connectivity index (χ0n) is 23.8. The molecule has 1 saturated heterocycles. The second-order valence-corrected chi connectivity index (χ2v) is 10.3. The lowest BCUT2D eigenvalue weighted by Gasteiger charge is -2.16. The highest BCUT2D eigenvalue weighted by Crippen LogP contribution is 2.32. The van der Waals surface area contributed by atoms with E-state index >= 15 is 4.39 Å². The van der Waals surface area contributed by atoms with Crippen molar-refractivity contribution in [1.29, 1.82) is 0 Å². The van der Waals surface area contributed by atoms with E-state index in [9.17, 15) is 23.6 Å². The average Bonchev–Trinajstić information content (AvgIpc) is 3.42. The zero-order chi connectivity index (χ0) is 31.5. The summed E-state index contributed by atoms with van der Waals surface area (Å²) < 4.78 is 36.6. The number of carbonyl (C=O) groups excluding carboxylic acids is 2. The van der Waals surface area contributed by atoms with E-state index in [1.54, 1.807) is 31.0 Å². The molecule has 0 radical (unpaired) electrons. The van der Waals surface area contributed by atoms with Crippen molar-refractivity contribution in [3.05, 3.63) is 111 Å². The highest BCUT2D eigenvalue weighted by Gasteiger charge is 2.26. The number of nitrogens with one attached hydrogen (secondary N) is 2. The summed E-state index contributed by atoms with van der Waals surface area (Å²) in [6.45, 7) is 3.94. The molecule has 2 aromatic heterocycles. The Bertz CT molecular complexity index is 1900. The Morgan fingerprint density at radius 1 is 1.05 bits per heavy atom. The Morgan fingerprint density at radius 2 is 1.80 bits per heavy atom. The van der Waals surface area contributed by atoms with Crippen LogP contribution in [0.3, 0.4) is 0 Å². The zero-order valence-corrected chi connectivity index (χ0v) is 23.8. The summed E-state index contributed by atoms with van der Waals surface area (Å²) in [6.07, 6.45) is 6.72. The Morgan fingerprint density at radius 3 is 2.43 bits per heavy atom. The van der Waals surface area contributed by atoms with Crippen LogP contribution < -0.4 is 36.9 Å². The molecule has 0 atom stereocenters. The van der Waals surface area contributed by atoms with Gasteiger partial charge in [0.05, 0.1) is 5.69 Å². The number of rotatable bonds is 8. The molecular formula is C31H29F2N6O5+. The van der Waals surface area contributed by atoms with Crippen LogP contribution in [0.5, 0.6) is 11.5 Å². The lowest BCUT2D eigenvalue weighted by molar-refractivity contribution is -0.380. The largest absolute Gasteiger partial charge is 0.447 e. The van der Waals surface area contributed by atoms with Crippen molar-refractivity contribution in [2.75, 3.05) is 16.8 Å². The SMILES string of the molecule is CC(C)n1cc(C(=O)Nc2ccc(Oc3cc(N4CCCC4=O)c[nH+]c3C=CN)c(F)c2)c(=O)n(-c2ccc(F)cc2)c1=O. The van der Waals surface area contributed by atoms with E-state index in [0.29, 0.717) is 24.3 Å². The van der Waals surface area contributed by atoms with Crippen LogP contribution in [0, 0.1) is 11.6 Å². The maximum Gasteiger partial charge on any atom is 0.335 e. The minimum Gasteiger partial charge on any atom is -0.447 e. The van der Waals surface area contributed by atoms with Crippen molar-refractivity contribution in [2.24, 2.45) is 5.73 Å². The quantitative estimate of drug-likeness (QED) is 0.314. The van der Waals surface area contributed by atoms with Gasteiger partial charge in [0, 0.05) is 55.3 Å². The molecule has 0 aliphatic carbocycles. The normalized spacial score (nSPS) is 13.2. The maximum absolute atomic E-state index is 15.3. The molecule has 2 amide bonds. The number of amides is 2. The Balaban J connectivity index is 1.43. The van der Waals surface area contributed by atoms with Crippen LogP contribution in [-0.2, 0) is 4.79 Å². The number of pyridine rings is 1.